The Morgan fingerprint density at radius 3 is 2.87 bits per heavy atom. The molecule has 0 radical (unpaired) electrons. The van der Waals surface area contributed by atoms with E-state index in [4.69, 9.17) is 5.73 Å². The number of hydrogen-bond donors (Lipinski definition) is 1. The first-order valence-electron chi connectivity index (χ1n) is 5.83. The van der Waals surface area contributed by atoms with Gasteiger partial charge in [-0.05, 0) is 30.2 Å². The van der Waals surface area contributed by atoms with E-state index in [1.165, 1.54) is 12.1 Å². The Bertz CT molecular complexity index is 340. The van der Waals surface area contributed by atoms with Gasteiger partial charge >= 0.3 is 0 Å². The Balaban J connectivity index is 2.12. The van der Waals surface area contributed by atoms with Crippen molar-refractivity contribution in [2.45, 2.75) is 46.2 Å². The SMILES string of the molecule is CCCn1nccc1C(N)C1CC1(C)C. The van der Waals surface area contributed by atoms with E-state index in [0.717, 1.165) is 13.0 Å². The molecule has 84 valence electrons. The van der Waals surface area contributed by atoms with Crippen LogP contribution in [0.5, 0.6) is 0 Å². The highest BCUT2D eigenvalue weighted by atomic mass is 15.3. The predicted octanol–water partition coefficient (Wildman–Crippen LogP) is 2.34. The van der Waals surface area contributed by atoms with Crippen molar-refractivity contribution in [3.8, 4) is 0 Å². The van der Waals surface area contributed by atoms with Gasteiger partial charge in [0.1, 0.15) is 0 Å². The molecular weight excluding hydrogens is 186 g/mol. The van der Waals surface area contributed by atoms with Crippen LogP contribution in [0.3, 0.4) is 0 Å². The van der Waals surface area contributed by atoms with E-state index in [-0.39, 0.29) is 6.04 Å². The summed E-state index contributed by atoms with van der Waals surface area (Å²) in [6.45, 7) is 7.72. The fraction of sp³-hybridized carbons (Fsp3) is 0.750. The van der Waals surface area contributed by atoms with Crippen LogP contribution in [0.2, 0.25) is 0 Å². The van der Waals surface area contributed by atoms with Crippen molar-refractivity contribution >= 4 is 0 Å². The lowest BCUT2D eigenvalue weighted by Gasteiger charge is -2.15. The molecule has 0 bridgehead atoms. The average Bonchev–Trinajstić information content (AvgIpc) is 2.63. The first-order chi connectivity index (χ1) is 7.06. The molecule has 1 fully saturated rings. The van der Waals surface area contributed by atoms with Crippen molar-refractivity contribution < 1.29 is 0 Å². The maximum atomic E-state index is 6.29. The molecule has 3 nitrogen and oxygen atoms in total. The zero-order valence-electron chi connectivity index (χ0n) is 9.90. The summed E-state index contributed by atoms with van der Waals surface area (Å²) in [5.74, 6) is 0.629. The Morgan fingerprint density at radius 2 is 2.33 bits per heavy atom. The molecule has 2 atom stereocenters. The topological polar surface area (TPSA) is 43.8 Å². The molecule has 2 N–H and O–H groups in total. The van der Waals surface area contributed by atoms with Crippen molar-refractivity contribution in [1.82, 2.24) is 9.78 Å². The second-order valence-corrected chi connectivity index (χ2v) is 5.30. The third kappa shape index (κ3) is 1.93. The molecule has 1 saturated carbocycles. The summed E-state index contributed by atoms with van der Waals surface area (Å²) in [5.41, 5.74) is 7.92. The highest BCUT2D eigenvalue weighted by molar-refractivity contribution is 5.14. The number of nitrogens with two attached hydrogens (primary N) is 1. The quantitative estimate of drug-likeness (QED) is 0.823. The largest absolute Gasteiger partial charge is 0.322 e. The van der Waals surface area contributed by atoms with E-state index in [2.05, 4.69) is 36.6 Å². The Hall–Kier alpha value is -0.830. The first-order valence-corrected chi connectivity index (χ1v) is 5.83. The fourth-order valence-corrected chi connectivity index (χ4v) is 2.35. The Labute approximate surface area is 91.7 Å². The molecule has 0 aliphatic heterocycles. The minimum absolute atomic E-state index is 0.161. The van der Waals surface area contributed by atoms with Gasteiger partial charge in [0.15, 0.2) is 0 Å². The third-order valence-electron chi connectivity index (χ3n) is 3.55. The van der Waals surface area contributed by atoms with Crippen molar-refractivity contribution in [3.05, 3.63) is 18.0 Å². The van der Waals surface area contributed by atoms with Gasteiger partial charge in [-0.2, -0.15) is 5.10 Å². The summed E-state index contributed by atoms with van der Waals surface area (Å²) < 4.78 is 2.05. The van der Waals surface area contributed by atoms with Crippen LogP contribution in [0.25, 0.3) is 0 Å². The number of hydrogen-bond acceptors (Lipinski definition) is 2. The lowest BCUT2D eigenvalue weighted by molar-refractivity contribution is 0.453. The summed E-state index contributed by atoms with van der Waals surface area (Å²) >= 11 is 0. The molecule has 0 aromatic carbocycles. The average molecular weight is 207 g/mol. The molecule has 1 heterocycles. The van der Waals surface area contributed by atoms with Crippen LogP contribution >= 0.6 is 0 Å². The highest BCUT2D eigenvalue weighted by Gasteiger charge is 2.49. The van der Waals surface area contributed by atoms with Crippen LogP contribution in [-0.2, 0) is 6.54 Å². The summed E-state index contributed by atoms with van der Waals surface area (Å²) in [4.78, 5) is 0. The molecule has 2 rings (SSSR count). The van der Waals surface area contributed by atoms with Crippen LogP contribution in [0.1, 0.15) is 45.3 Å². The van der Waals surface area contributed by atoms with Crippen LogP contribution in [0.15, 0.2) is 12.3 Å². The molecular formula is C12H21N3. The molecule has 1 aliphatic carbocycles. The van der Waals surface area contributed by atoms with Crippen molar-refractivity contribution in [2.75, 3.05) is 0 Å². The van der Waals surface area contributed by atoms with Gasteiger partial charge in [0, 0.05) is 12.7 Å². The van der Waals surface area contributed by atoms with Gasteiger partial charge in [0.05, 0.1) is 11.7 Å². The molecule has 1 aliphatic rings. The monoisotopic (exact) mass is 207 g/mol. The summed E-state index contributed by atoms with van der Waals surface area (Å²) in [7, 11) is 0. The van der Waals surface area contributed by atoms with Crippen LogP contribution < -0.4 is 5.73 Å². The number of rotatable bonds is 4. The molecule has 0 saturated heterocycles. The van der Waals surface area contributed by atoms with Gasteiger partial charge in [-0.15, -0.1) is 0 Å². The van der Waals surface area contributed by atoms with Crippen molar-refractivity contribution in [2.24, 2.45) is 17.1 Å². The lowest BCUT2D eigenvalue weighted by atomic mass is 10.0. The molecule has 1 aromatic rings. The molecule has 0 amide bonds. The molecule has 0 spiro atoms. The third-order valence-corrected chi connectivity index (χ3v) is 3.55. The maximum absolute atomic E-state index is 6.29. The van der Waals surface area contributed by atoms with E-state index in [9.17, 15) is 0 Å². The van der Waals surface area contributed by atoms with Crippen LogP contribution in [-0.4, -0.2) is 9.78 Å². The van der Waals surface area contributed by atoms with E-state index < -0.39 is 0 Å². The van der Waals surface area contributed by atoms with E-state index in [1.54, 1.807) is 0 Å². The summed E-state index contributed by atoms with van der Waals surface area (Å²) in [5, 5.41) is 4.32. The second kappa shape index (κ2) is 3.63. The molecule has 2 unspecified atom stereocenters. The smallest absolute Gasteiger partial charge is 0.0554 e. The van der Waals surface area contributed by atoms with E-state index >= 15 is 0 Å². The molecule has 3 heteroatoms. The summed E-state index contributed by atoms with van der Waals surface area (Å²) in [6.07, 6.45) is 4.21. The Morgan fingerprint density at radius 1 is 1.67 bits per heavy atom. The number of aryl methyl sites for hydroxylation is 1. The van der Waals surface area contributed by atoms with Gasteiger partial charge in [0.2, 0.25) is 0 Å². The van der Waals surface area contributed by atoms with Crippen LogP contribution in [0, 0.1) is 11.3 Å². The first kappa shape index (κ1) is 10.7. The van der Waals surface area contributed by atoms with Crippen molar-refractivity contribution in [1.29, 1.82) is 0 Å². The minimum Gasteiger partial charge on any atom is -0.322 e. The van der Waals surface area contributed by atoms with Gasteiger partial charge in [-0.3, -0.25) is 4.68 Å². The summed E-state index contributed by atoms with van der Waals surface area (Å²) in [6, 6.07) is 2.23. The maximum Gasteiger partial charge on any atom is 0.0554 e. The van der Waals surface area contributed by atoms with Crippen LogP contribution in [0.4, 0.5) is 0 Å². The van der Waals surface area contributed by atoms with Crippen molar-refractivity contribution in [3.63, 3.8) is 0 Å². The fourth-order valence-electron chi connectivity index (χ4n) is 2.35. The van der Waals surface area contributed by atoms with E-state index in [1.807, 2.05) is 6.20 Å². The normalized spacial score (nSPS) is 25.2. The predicted molar refractivity (Wildman–Crippen MR) is 61.3 cm³/mol. The van der Waals surface area contributed by atoms with E-state index in [0.29, 0.717) is 11.3 Å². The number of nitrogens with zero attached hydrogens (tertiary/aromatic N) is 2. The van der Waals surface area contributed by atoms with Gasteiger partial charge < -0.3 is 5.73 Å². The second-order valence-electron chi connectivity index (χ2n) is 5.30. The van der Waals surface area contributed by atoms with Gasteiger partial charge in [-0.25, -0.2) is 0 Å². The van der Waals surface area contributed by atoms with Gasteiger partial charge in [0.25, 0.3) is 0 Å². The van der Waals surface area contributed by atoms with Gasteiger partial charge in [-0.1, -0.05) is 20.8 Å². The molecule has 15 heavy (non-hydrogen) atoms. The highest BCUT2D eigenvalue weighted by Crippen LogP contribution is 2.56. The standard InChI is InChI=1S/C12H21N3/c1-4-7-15-10(5-6-14-15)11(13)9-8-12(9,2)3/h5-6,9,11H,4,7-8,13H2,1-3H3. The Kier molecular flexibility index (Phi) is 2.59. The minimum atomic E-state index is 0.161. The lowest BCUT2D eigenvalue weighted by Crippen LogP contribution is -2.20. The molecule has 1 aromatic heterocycles. The number of aromatic nitrogens is 2. The zero-order valence-corrected chi connectivity index (χ0v) is 9.90. The zero-order chi connectivity index (χ0) is 11.1.